The van der Waals surface area contributed by atoms with Crippen molar-refractivity contribution in [2.45, 2.75) is 58.3 Å². The maximum atomic E-state index is 11.8. The van der Waals surface area contributed by atoms with Gasteiger partial charge in [0.05, 0.1) is 5.56 Å². The number of carboxylic acid groups (broad SMARTS) is 1. The van der Waals surface area contributed by atoms with Gasteiger partial charge < -0.3 is 25.2 Å². The van der Waals surface area contributed by atoms with Gasteiger partial charge in [-0.1, -0.05) is 60.7 Å². The smallest absolute Gasteiger partial charge is 0.412 e. The molecular formula is C32H39N3O6. The van der Waals surface area contributed by atoms with Crippen LogP contribution < -0.4 is 16.0 Å². The molecule has 0 spiro atoms. The average Bonchev–Trinajstić information content (AvgIpc) is 2.95. The molecule has 4 N–H and O–H groups in total. The maximum Gasteiger partial charge on any atom is 0.412 e. The van der Waals surface area contributed by atoms with Crippen molar-refractivity contribution in [3.05, 3.63) is 101 Å². The van der Waals surface area contributed by atoms with Crippen LogP contribution in [-0.4, -0.2) is 42.0 Å². The molecule has 41 heavy (non-hydrogen) atoms. The Bertz CT molecular complexity index is 1280. The highest BCUT2D eigenvalue weighted by Crippen LogP contribution is 2.25. The van der Waals surface area contributed by atoms with Crippen molar-refractivity contribution in [2.75, 3.05) is 18.4 Å². The number of piperidine rings is 1. The molecule has 0 radical (unpaired) electrons. The fourth-order valence-corrected chi connectivity index (χ4v) is 4.21. The quantitative estimate of drug-likeness (QED) is 0.266. The molecule has 1 aliphatic heterocycles. The Labute approximate surface area is 241 Å². The van der Waals surface area contributed by atoms with E-state index in [0.29, 0.717) is 24.8 Å². The number of aromatic carboxylic acids is 1. The first-order valence-corrected chi connectivity index (χ1v) is 13.7. The van der Waals surface area contributed by atoms with Crippen molar-refractivity contribution < 1.29 is 29.0 Å². The molecule has 9 nitrogen and oxygen atoms in total. The summed E-state index contributed by atoms with van der Waals surface area (Å²) in [5.41, 5.74) is 3.38. The van der Waals surface area contributed by atoms with Gasteiger partial charge in [0, 0.05) is 12.2 Å². The third-order valence-electron chi connectivity index (χ3n) is 6.17. The van der Waals surface area contributed by atoms with E-state index >= 15 is 0 Å². The Morgan fingerprint density at radius 1 is 0.878 bits per heavy atom. The van der Waals surface area contributed by atoms with Gasteiger partial charge in [-0.05, 0) is 87.5 Å². The summed E-state index contributed by atoms with van der Waals surface area (Å²) in [4.78, 5) is 34.0. The number of amides is 2. The van der Waals surface area contributed by atoms with Crippen molar-refractivity contribution >= 4 is 23.8 Å². The monoisotopic (exact) mass is 561 g/mol. The number of ether oxygens (including phenoxy) is 2. The summed E-state index contributed by atoms with van der Waals surface area (Å²) < 4.78 is 10.3. The largest absolute Gasteiger partial charge is 0.478 e. The Hall–Kier alpha value is -4.37. The number of nitrogens with one attached hydrogen (secondary N) is 3. The first-order valence-electron chi connectivity index (χ1n) is 13.7. The SMILES string of the molecule is CC(C)(C)OC(=O)Nc1cccc(C(=O)O)c1.O=C(NCc1cccc(C2CCNCC2)c1)OCc1ccccc1. The molecule has 0 unspecified atom stereocenters. The Kier molecular flexibility index (Phi) is 11.7. The van der Waals surface area contributed by atoms with E-state index < -0.39 is 17.7 Å². The van der Waals surface area contributed by atoms with Crippen LogP contribution >= 0.6 is 0 Å². The second-order valence-electron chi connectivity index (χ2n) is 10.7. The highest BCUT2D eigenvalue weighted by atomic mass is 16.6. The van der Waals surface area contributed by atoms with Gasteiger partial charge in [0.1, 0.15) is 12.2 Å². The van der Waals surface area contributed by atoms with Gasteiger partial charge in [-0.15, -0.1) is 0 Å². The highest BCUT2D eigenvalue weighted by molar-refractivity contribution is 5.91. The molecular weight excluding hydrogens is 522 g/mol. The van der Waals surface area contributed by atoms with Gasteiger partial charge in [-0.3, -0.25) is 5.32 Å². The van der Waals surface area contributed by atoms with Crippen molar-refractivity contribution in [3.63, 3.8) is 0 Å². The van der Waals surface area contributed by atoms with Gasteiger partial charge in [0.2, 0.25) is 0 Å². The van der Waals surface area contributed by atoms with E-state index in [1.807, 2.05) is 36.4 Å². The van der Waals surface area contributed by atoms with E-state index in [1.165, 1.54) is 30.5 Å². The summed E-state index contributed by atoms with van der Waals surface area (Å²) >= 11 is 0. The molecule has 2 amide bonds. The third kappa shape index (κ3) is 11.7. The van der Waals surface area contributed by atoms with E-state index in [-0.39, 0.29) is 11.7 Å². The summed E-state index contributed by atoms with van der Waals surface area (Å²) in [6.45, 7) is 8.20. The van der Waals surface area contributed by atoms with E-state index in [4.69, 9.17) is 14.6 Å². The molecule has 1 heterocycles. The van der Waals surface area contributed by atoms with Crippen LogP contribution in [0.25, 0.3) is 0 Å². The number of hydrogen-bond donors (Lipinski definition) is 4. The lowest BCUT2D eigenvalue weighted by atomic mass is 9.89. The molecule has 0 atom stereocenters. The van der Waals surface area contributed by atoms with Gasteiger partial charge in [-0.25, -0.2) is 14.4 Å². The minimum Gasteiger partial charge on any atom is -0.478 e. The van der Waals surface area contributed by atoms with E-state index in [9.17, 15) is 14.4 Å². The number of carboxylic acids is 1. The molecule has 4 rings (SSSR count). The fourth-order valence-electron chi connectivity index (χ4n) is 4.21. The van der Waals surface area contributed by atoms with Gasteiger partial charge >= 0.3 is 18.2 Å². The first kappa shape index (κ1) is 31.2. The molecule has 1 aliphatic rings. The summed E-state index contributed by atoms with van der Waals surface area (Å²) in [7, 11) is 0. The molecule has 0 bridgehead atoms. The topological polar surface area (TPSA) is 126 Å². The highest BCUT2D eigenvalue weighted by Gasteiger charge is 2.17. The number of carbonyl (C=O) groups excluding carboxylic acids is 2. The first-order chi connectivity index (χ1) is 19.6. The van der Waals surface area contributed by atoms with Crippen LogP contribution in [0.3, 0.4) is 0 Å². The lowest BCUT2D eigenvalue weighted by Gasteiger charge is -2.23. The standard InChI is InChI=1S/C20H24N2O2.C12H15NO4/c23-20(24-15-16-5-2-1-3-6-16)22-14-17-7-4-8-19(13-17)18-9-11-21-12-10-18;1-12(2,3)17-11(16)13-9-6-4-5-8(7-9)10(14)15/h1-8,13,18,21H,9-12,14-15H2,(H,22,23);4-7H,1-3H3,(H,13,16)(H,14,15). The molecule has 1 fully saturated rings. The van der Waals surface area contributed by atoms with E-state index in [2.05, 4.69) is 34.1 Å². The Morgan fingerprint density at radius 2 is 1.56 bits per heavy atom. The van der Waals surface area contributed by atoms with Crippen LogP contribution in [0.1, 0.15) is 66.6 Å². The second-order valence-corrected chi connectivity index (χ2v) is 10.7. The normalized spacial score (nSPS) is 13.2. The van der Waals surface area contributed by atoms with Crippen molar-refractivity contribution in [1.82, 2.24) is 10.6 Å². The molecule has 0 saturated carbocycles. The summed E-state index contributed by atoms with van der Waals surface area (Å²) in [6.07, 6.45) is 1.36. The minimum atomic E-state index is -1.04. The van der Waals surface area contributed by atoms with Crippen LogP contribution in [0.15, 0.2) is 78.9 Å². The number of hydrogen-bond acceptors (Lipinski definition) is 6. The summed E-state index contributed by atoms with van der Waals surface area (Å²) in [6, 6.07) is 24.2. The van der Waals surface area contributed by atoms with E-state index in [0.717, 1.165) is 24.2 Å². The van der Waals surface area contributed by atoms with Crippen molar-refractivity contribution in [1.29, 1.82) is 0 Å². The number of rotatable bonds is 7. The minimum absolute atomic E-state index is 0.110. The van der Waals surface area contributed by atoms with Gasteiger partial charge in [0.25, 0.3) is 0 Å². The van der Waals surface area contributed by atoms with E-state index in [1.54, 1.807) is 32.9 Å². The van der Waals surface area contributed by atoms with Crippen molar-refractivity contribution in [3.8, 4) is 0 Å². The lowest BCUT2D eigenvalue weighted by Crippen LogP contribution is -2.27. The zero-order valence-corrected chi connectivity index (χ0v) is 23.8. The number of benzene rings is 3. The lowest BCUT2D eigenvalue weighted by molar-refractivity contribution is 0.0632. The number of anilines is 1. The molecule has 1 saturated heterocycles. The average molecular weight is 562 g/mol. The van der Waals surface area contributed by atoms with Crippen molar-refractivity contribution in [2.24, 2.45) is 0 Å². The molecule has 9 heteroatoms. The summed E-state index contributed by atoms with van der Waals surface area (Å²) in [5.74, 6) is -0.422. The third-order valence-corrected chi connectivity index (χ3v) is 6.17. The molecule has 3 aromatic rings. The van der Waals surface area contributed by atoms with Crippen LogP contribution in [-0.2, 0) is 22.6 Å². The predicted molar refractivity (Wildman–Crippen MR) is 158 cm³/mol. The zero-order valence-electron chi connectivity index (χ0n) is 23.8. The molecule has 218 valence electrons. The van der Waals surface area contributed by atoms with Crippen LogP contribution in [0.5, 0.6) is 0 Å². The number of carbonyl (C=O) groups is 3. The van der Waals surface area contributed by atoms with Gasteiger partial charge in [0.15, 0.2) is 0 Å². The molecule has 3 aromatic carbocycles. The fraction of sp³-hybridized carbons (Fsp3) is 0.344. The van der Waals surface area contributed by atoms with Gasteiger partial charge in [-0.2, -0.15) is 0 Å². The van der Waals surface area contributed by atoms with Crippen LogP contribution in [0.4, 0.5) is 15.3 Å². The van der Waals surface area contributed by atoms with Crippen LogP contribution in [0.2, 0.25) is 0 Å². The maximum absolute atomic E-state index is 11.8. The predicted octanol–water partition coefficient (Wildman–Crippen LogP) is 6.31. The zero-order chi connectivity index (χ0) is 29.7. The van der Waals surface area contributed by atoms with Crippen LogP contribution in [0, 0.1) is 0 Å². The molecule has 0 aromatic heterocycles. The molecule has 0 aliphatic carbocycles. The Morgan fingerprint density at radius 3 is 2.24 bits per heavy atom. The summed E-state index contributed by atoms with van der Waals surface area (Å²) in [5, 5.41) is 17.5. The second kappa shape index (κ2) is 15.4. The number of alkyl carbamates (subject to hydrolysis) is 1. The Balaban J connectivity index is 0.000000241.